The molecule has 0 aromatic heterocycles. The van der Waals surface area contributed by atoms with Crippen molar-refractivity contribution in [2.75, 3.05) is 5.88 Å². The Hall–Kier alpha value is -2.00. The number of ether oxygens (including phenoxy) is 1. The van der Waals surface area contributed by atoms with Gasteiger partial charge in [-0.05, 0) is 29.8 Å². The number of hydrogen-bond donors (Lipinski definition) is 1. The van der Waals surface area contributed by atoms with Gasteiger partial charge in [0.05, 0.1) is 11.6 Å². The van der Waals surface area contributed by atoms with E-state index in [1.807, 2.05) is 54.6 Å². The van der Waals surface area contributed by atoms with Crippen LogP contribution in [0.2, 0.25) is 0 Å². The molecule has 19 heavy (non-hydrogen) atoms. The number of alkyl halides is 1. The molecule has 0 saturated heterocycles. The molecule has 2 aromatic carbocycles. The number of para-hydroxylation sites is 1. The SMILES string of the molecule is NC(CCl)=Nc1ccc(COc2ccccc2)cc1. The molecular formula is C15H15ClN2O. The molecule has 0 aliphatic heterocycles. The minimum atomic E-state index is 0.235. The largest absolute Gasteiger partial charge is 0.489 e. The maximum atomic E-state index is 5.65. The summed E-state index contributed by atoms with van der Waals surface area (Å²) in [4.78, 5) is 4.16. The highest BCUT2D eigenvalue weighted by Gasteiger charge is 1.97. The highest BCUT2D eigenvalue weighted by atomic mass is 35.5. The van der Waals surface area contributed by atoms with Gasteiger partial charge in [0.2, 0.25) is 0 Å². The van der Waals surface area contributed by atoms with Crippen molar-refractivity contribution in [1.82, 2.24) is 0 Å². The first-order valence-electron chi connectivity index (χ1n) is 5.94. The molecule has 0 saturated carbocycles. The van der Waals surface area contributed by atoms with E-state index >= 15 is 0 Å². The molecule has 0 spiro atoms. The van der Waals surface area contributed by atoms with Gasteiger partial charge in [0.15, 0.2) is 0 Å². The number of hydrogen-bond acceptors (Lipinski definition) is 2. The summed E-state index contributed by atoms with van der Waals surface area (Å²) in [6.07, 6.45) is 0. The number of nitrogens with two attached hydrogens (primary N) is 1. The van der Waals surface area contributed by atoms with Crippen LogP contribution in [0.5, 0.6) is 5.75 Å². The average molecular weight is 275 g/mol. The molecule has 0 unspecified atom stereocenters. The second kappa shape index (κ2) is 6.81. The molecule has 2 rings (SSSR count). The molecule has 3 nitrogen and oxygen atoms in total. The van der Waals surface area contributed by atoms with E-state index in [0.29, 0.717) is 12.4 Å². The van der Waals surface area contributed by atoms with Crippen LogP contribution in [-0.2, 0) is 6.61 Å². The predicted molar refractivity (Wildman–Crippen MR) is 79.2 cm³/mol. The van der Waals surface area contributed by atoms with E-state index in [-0.39, 0.29) is 5.88 Å². The van der Waals surface area contributed by atoms with Crippen molar-refractivity contribution in [3.8, 4) is 5.75 Å². The van der Waals surface area contributed by atoms with Crippen LogP contribution in [-0.4, -0.2) is 11.7 Å². The Labute approximate surface area is 117 Å². The zero-order valence-corrected chi connectivity index (χ0v) is 11.2. The van der Waals surface area contributed by atoms with Gasteiger partial charge < -0.3 is 10.5 Å². The lowest BCUT2D eigenvalue weighted by Crippen LogP contribution is -2.12. The van der Waals surface area contributed by atoms with Crippen LogP contribution in [0.25, 0.3) is 0 Å². The Balaban J connectivity index is 1.96. The Morgan fingerprint density at radius 2 is 1.74 bits per heavy atom. The first-order valence-corrected chi connectivity index (χ1v) is 6.47. The lowest BCUT2D eigenvalue weighted by atomic mass is 10.2. The van der Waals surface area contributed by atoms with E-state index in [2.05, 4.69) is 4.99 Å². The molecule has 98 valence electrons. The molecule has 0 bridgehead atoms. The van der Waals surface area contributed by atoms with Crippen LogP contribution in [0, 0.1) is 0 Å². The van der Waals surface area contributed by atoms with Crippen molar-refractivity contribution < 1.29 is 4.74 Å². The standard InChI is InChI=1S/C15H15ClN2O/c16-10-15(17)18-13-8-6-12(7-9-13)11-19-14-4-2-1-3-5-14/h1-9H,10-11H2,(H2,17,18). The molecule has 0 atom stereocenters. The van der Waals surface area contributed by atoms with Gasteiger partial charge in [-0.1, -0.05) is 30.3 Å². The summed E-state index contributed by atoms with van der Waals surface area (Å²) in [5.74, 6) is 1.50. The minimum absolute atomic E-state index is 0.235. The first kappa shape index (κ1) is 13.4. The lowest BCUT2D eigenvalue weighted by molar-refractivity contribution is 0.306. The molecule has 2 aromatic rings. The van der Waals surface area contributed by atoms with Gasteiger partial charge in [-0.2, -0.15) is 0 Å². The van der Waals surface area contributed by atoms with Gasteiger partial charge in [-0.25, -0.2) is 4.99 Å². The highest BCUT2D eigenvalue weighted by Crippen LogP contribution is 2.15. The third-order valence-electron chi connectivity index (χ3n) is 2.49. The summed E-state index contributed by atoms with van der Waals surface area (Å²) in [6, 6.07) is 17.4. The van der Waals surface area contributed by atoms with Gasteiger partial charge >= 0.3 is 0 Å². The van der Waals surface area contributed by atoms with Gasteiger partial charge in [0, 0.05) is 0 Å². The van der Waals surface area contributed by atoms with Gasteiger partial charge in [-0.15, -0.1) is 11.6 Å². The molecule has 0 fully saturated rings. The molecular weight excluding hydrogens is 260 g/mol. The number of amidine groups is 1. The zero-order chi connectivity index (χ0) is 13.5. The van der Waals surface area contributed by atoms with E-state index in [1.165, 1.54) is 0 Å². The normalized spacial score (nSPS) is 11.3. The molecule has 0 radical (unpaired) electrons. The quantitative estimate of drug-likeness (QED) is 0.515. The van der Waals surface area contributed by atoms with E-state index in [9.17, 15) is 0 Å². The topological polar surface area (TPSA) is 47.6 Å². The van der Waals surface area contributed by atoms with Crippen LogP contribution in [0.1, 0.15) is 5.56 Å². The van der Waals surface area contributed by atoms with E-state index < -0.39 is 0 Å². The number of nitrogens with zero attached hydrogens (tertiary/aromatic N) is 1. The fourth-order valence-electron chi connectivity index (χ4n) is 1.55. The monoisotopic (exact) mass is 274 g/mol. The smallest absolute Gasteiger partial charge is 0.119 e. The lowest BCUT2D eigenvalue weighted by Gasteiger charge is -2.06. The Morgan fingerprint density at radius 1 is 1.05 bits per heavy atom. The molecule has 4 heteroatoms. The van der Waals surface area contributed by atoms with Crippen LogP contribution in [0.4, 0.5) is 5.69 Å². The summed E-state index contributed by atoms with van der Waals surface area (Å²) >= 11 is 5.57. The third kappa shape index (κ3) is 4.30. The molecule has 2 N–H and O–H groups in total. The van der Waals surface area contributed by atoms with E-state index in [1.54, 1.807) is 0 Å². The van der Waals surface area contributed by atoms with Crippen molar-refractivity contribution >= 4 is 23.1 Å². The van der Waals surface area contributed by atoms with Crippen molar-refractivity contribution in [3.05, 3.63) is 60.2 Å². The molecule has 0 amide bonds. The Morgan fingerprint density at radius 3 is 2.37 bits per heavy atom. The van der Waals surface area contributed by atoms with Gasteiger partial charge in [0.1, 0.15) is 18.2 Å². The maximum Gasteiger partial charge on any atom is 0.119 e. The third-order valence-corrected chi connectivity index (χ3v) is 2.77. The first-order chi connectivity index (χ1) is 9.28. The average Bonchev–Trinajstić information content (AvgIpc) is 2.47. The van der Waals surface area contributed by atoms with Crippen LogP contribution < -0.4 is 10.5 Å². The van der Waals surface area contributed by atoms with E-state index in [4.69, 9.17) is 22.1 Å². The van der Waals surface area contributed by atoms with Gasteiger partial charge in [0.25, 0.3) is 0 Å². The van der Waals surface area contributed by atoms with Crippen LogP contribution in [0.15, 0.2) is 59.6 Å². The summed E-state index contributed by atoms with van der Waals surface area (Å²) in [5.41, 5.74) is 7.44. The van der Waals surface area contributed by atoms with Crippen molar-refractivity contribution in [2.24, 2.45) is 10.7 Å². The predicted octanol–water partition coefficient (Wildman–Crippen LogP) is 3.49. The number of halogens is 1. The minimum Gasteiger partial charge on any atom is -0.489 e. The Bertz CT molecular complexity index is 538. The summed E-state index contributed by atoms with van der Waals surface area (Å²) in [5, 5.41) is 0. The second-order valence-corrected chi connectivity index (χ2v) is 4.27. The van der Waals surface area contributed by atoms with Crippen molar-refractivity contribution in [3.63, 3.8) is 0 Å². The number of rotatable bonds is 5. The van der Waals surface area contributed by atoms with E-state index in [0.717, 1.165) is 17.0 Å². The summed E-state index contributed by atoms with van der Waals surface area (Å²) in [6.45, 7) is 0.527. The number of aliphatic imine (C=N–C) groups is 1. The summed E-state index contributed by atoms with van der Waals surface area (Å²) in [7, 11) is 0. The maximum absolute atomic E-state index is 5.65. The van der Waals surface area contributed by atoms with Crippen molar-refractivity contribution in [2.45, 2.75) is 6.61 Å². The second-order valence-electron chi connectivity index (χ2n) is 4.00. The zero-order valence-electron chi connectivity index (χ0n) is 10.4. The van der Waals surface area contributed by atoms with Crippen LogP contribution in [0.3, 0.4) is 0 Å². The fourth-order valence-corrected chi connectivity index (χ4v) is 1.61. The molecule has 0 aliphatic carbocycles. The summed E-state index contributed by atoms with van der Waals surface area (Å²) < 4.78 is 5.65. The Kier molecular flexibility index (Phi) is 4.81. The highest BCUT2D eigenvalue weighted by molar-refractivity contribution is 6.28. The fraction of sp³-hybridized carbons (Fsp3) is 0.133. The molecule has 0 aliphatic rings. The number of benzene rings is 2. The molecule has 0 heterocycles. The van der Waals surface area contributed by atoms with Gasteiger partial charge in [-0.3, -0.25) is 0 Å². The van der Waals surface area contributed by atoms with Crippen molar-refractivity contribution in [1.29, 1.82) is 0 Å². The van der Waals surface area contributed by atoms with Crippen LogP contribution >= 0.6 is 11.6 Å².